The van der Waals surface area contributed by atoms with Gasteiger partial charge in [0.2, 0.25) is 5.91 Å². The Balaban J connectivity index is 4.36. The Hall–Kier alpha value is -1.30. The van der Waals surface area contributed by atoms with E-state index in [1.54, 1.807) is 12.0 Å². The highest BCUT2D eigenvalue weighted by Gasteiger charge is 2.18. The predicted octanol–water partition coefficient (Wildman–Crippen LogP) is 0.644. The van der Waals surface area contributed by atoms with Crippen LogP contribution in [0.3, 0.4) is 0 Å². The predicted molar refractivity (Wildman–Crippen MR) is 65.9 cm³/mol. The number of amides is 1. The van der Waals surface area contributed by atoms with Crippen LogP contribution in [-0.2, 0) is 9.53 Å². The molecule has 17 heavy (non-hydrogen) atoms. The van der Waals surface area contributed by atoms with E-state index in [4.69, 9.17) is 15.7 Å². The second-order valence-electron chi connectivity index (χ2n) is 3.97. The fraction of sp³-hybridized carbons (Fsp3) is 0.818. The number of rotatable bonds is 8. The van der Waals surface area contributed by atoms with Crippen LogP contribution in [0.25, 0.3) is 0 Å². The third-order valence-electron chi connectivity index (χ3n) is 2.68. The number of nitrogens with two attached hydrogens (primary N) is 1. The highest BCUT2D eigenvalue weighted by atomic mass is 16.5. The molecule has 6 nitrogen and oxygen atoms in total. The molecule has 0 spiro atoms. The standard InChI is InChI=1S/C11H23N3O3/c1-4-9(2)11(15)14(7-8-17-3)6-5-10(12)13-16/h9,16H,4-8H2,1-3H3,(H2,12,13). The van der Waals surface area contributed by atoms with Crippen molar-refractivity contribution in [3.05, 3.63) is 0 Å². The molecular formula is C11H23N3O3. The van der Waals surface area contributed by atoms with E-state index in [9.17, 15) is 4.79 Å². The zero-order valence-corrected chi connectivity index (χ0v) is 10.8. The van der Waals surface area contributed by atoms with Crippen LogP contribution in [0.15, 0.2) is 5.16 Å². The largest absolute Gasteiger partial charge is 0.409 e. The van der Waals surface area contributed by atoms with Crippen molar-refractivity contribution in [2.75, 3.05) is 26.8 Å². The van der Waals surface area contributed by atoms with Crippen molar-refractivity contribution >= 4 is 11.7 Å². The maximum Gasteiger partial charge on any atom is 0.225 e. The van der Waals surface area contributed by atoms with Gasteiger partial charge in [0, 0.05) is 32.5 Å². The van der Waals surface area contributed by atoms with Gasteiger partial charge in [-0.3, -0.25) is 4.79 Å². The lowest BCUT2D eigenvalue weighted by Gasteiger charge is -2.25. The molecule has 0 aliphatic heterocycles. The number of hydrogen-bond acceptors (Lipinski definition) is 4. The summed E-state index contributed by atoms with van der Waals surface area (Å²) >= 11 is 0. The molecule has 3 N–H and O–H groups in total. The van der Waals surface area contributed by atoms with Crippen LogP contribution in [0.1, 0.15) is 26.7 Å². The van der Waals surface area contributed by atoms with Gasteiger partial charge in [0.25, 0.3) is 0 Å². The molecule has 0 aromatic carbocycles. The van der Waals surface area contributed by atoms with Crippen molar-refractivity contribution in [3.8, 4) is 0 Å². The van der Waals surface area contributed by atoms with Gasteiger partial charge in [-0.05, 0) is 6.42 Å². The zero-order valence-electron chi connectivity index (χ0n) is 10.8. The van der Waals surface area contributed by atoms with Crippen LogP contribution >= 0.6 is 0 Å². The first-order valence-corrected chi connectivity index (χ1v) is 5.80. The summed E-state index contributed by atoms with van der Waals surface area (Å²) < 4.78 is 4.96. The lowest BCUT2D eigenvalue weighted by Crippen LogP contribution is -2.39. The molecule has 0 fully saturated rings. The van der Waals surface area contributed by atoms with E-state index in [1.807, 2.05) is 13.8 Å². The summed E-state index contributed by atoms with van der Waals surface area (Å²) in [6, 6.07) is 0. The fourth-order valence-corrected chi connectivity index (χ4v) is 1.32. The van der Waals surface area contributed by atoms with Crippen LogP contribution in [0, 0.1) is 5.92 Å². The number of methoxy groups -OCH3 is 1. The minimum Gasteiger partial charge on any atom is -0.409 e. The number of hydrogen-bond donors (Lipinski definition) is 2. The molecule has 0 heterocycles. The first kappa shape index (κ1) is 15.7. The summed E-state index contributed by atoms with van der Waals surface area (Å²) in [6.07, 6.45) is 1.16. The highest BCUT2D eigenvalue weighted by Crippen LogP contribution is 2.07. The third kappa shape index (κ3) is 6.11. The van der Waals surface area contributed by atoms with Crippen molar-refractivity contribution < 1.29 is 14.7 Å². The molecule has 100 valence electrons. The third-order valence-corrected chi connectivity index (χ3v) is 2.68. The minimum atomic E-state index is -0.0147. The number of carbonyl (C=O) groups is 1. The molecular weight excluding hydrogens is 222 g/mol. The van der Waals surface area contributed by atoms with Gasteiger partial charge in [0.05, 0.1) is 6.61 Å². The minimum absolute atomic E-state index is 0.0147. The van der Waals surface area contributed by atoms with E-state index in [0.717, 1.165) is 6.42 Å². The SMILES string of the molecule is CCC(C)C(=O)N(CCOC)CCC(N)=NO. The van der Waals surface area contributed by atoms with E-state index in [1.165, 1.54) is 0 Å². The van der Waals surface area contributed by atoms with Gasteiger partial charge in [0.1, 0.15) is 5.84 Å². The van der Waals surface area contributed by atoms with Crippen LogP contribution in [0.2, 0.25) is 0 Å². The summed E-state index contributed by atoms with van der Waals surface area (Å²) in [7, 11) is 1.59. The smallest absolute Gasteiger partial charge is 0.225 e. The van der Waals surface area contributed by atoms with E-state index >= 15 is 0 Å². The molecule has 0 bridgehead atoms. The quantitative estimate of drug-likeness (QED) is 0.284. The Morgan fingerprint density at radius 1 is 1.53 bits per heavy atom. The topological polar surface area (TPSA) is 88.2 Å². The maximum absolute atomic E-state index is 12.0. The molecule has 0 aliphatic rings. The van der Waals surface area contributed by atoms with Crippen molar-refractivity contribution in [1.82, 2.24) is 4.90 Å². The van der Waals surface area contributed by atoms with Gasteiger partial charge in [-0.1, -0.05) is 19.0 Å². The van der Waals surface area contributed by atoms with Gasteiger partial charge in [0.15, 0.2) is 0 Å². The molecule has 1 atom stereocenters. The Bertz CT molecular complexity index is 256. The van der Waals surface area contributed by atoms with Crippen LogP contribution in [0.4, 0.5) is 0 Å². The fourth-order valence-electron chi connectivity index (χ4n) is 1.32. The first-order chi connectivity index (χ1) is 8.06. The Labute approximate surface area is 102 Å². The normalized spacial score (nSPS) is 13.5. The number of nitrogens with zero attached hydrogens (tertiary/aromatic N) is 2. The summed E-state index contributed by atoms with van der Waals surface area (Å²) in [6.45, 7) is 5.32. The van der Waals surface area contributed by atoms with E-state index in [0.29, 0.717) is 26.1 Å². The van der Waals surface area contributed by atoms with Gasteiger partial charge < -0.3 is 20.6 Å². The van der Waals surface area contributed by atoms with Crippen LogP contribution < -0.4 is 5.73 Å². The molecule has 1 amide bonds. The van der Waals surface area contributed by atoms with E-state index < -0.39 is 0 Å². The van der Waals surface area contributed by atoms with Crippen molar-refractivity contribution in [1.29, 1.82) is 0 Å². The van der Waals surface area contributed by atoms with Gasteiger partial charge >= 0.3 is 0 Å². The maximum atomic E-state index is 12.0. The zero-order chi connectivity index (χ0) is 13.3. The average molecular weight is 245 g/mol. The Kier molecular flexibility index (Phi) is 8.13. The van der Waals surface area contributed by atoms with E-state index in [2.05, 4.69) is 5.16 Å². The van der Waals surface area contributed by atoms with Crippen molar-refractivity contribution in [2.24, 2.45) is 16.8 Å². The molecule has 6 heteroatoms. The molecule has 0 aliphatic carbocycles. The van der Waals surface area contributed by atoms with Gasteiger partial charge in [-0.15, -0.1) is 0 Å². The first-order valence-electron chi connectivity index (χ1n) is 5.80. The highest BCUT2D eigenvalue weighted by molar-refractivity contribution is 5.82. The van der Waals surface area contributed by atoms with E-state index in [-0.39, 0.29) is 17.7 Å². The number of ether oxygens (including phenoxy) is 1. The molecule has 0 saturated heterocycles. The second-order valence-corrected chi connectivity index (χ2v) is 3.97. The van der Waals surface area contributed by atoms with Gasteiger partial charge in [-0.25, -0.2) is 0 Å². The van der Waals surface area contributed by atoms with Crippen LogP contribution in [-0.4, -0.2) is 48.7 Å². The molecule has 0 saturated carbocycles. The average Bonchev–Trinajstić information content (AvgIpc) is 2.36. The summed E-state index contributed by atoms with van der Waals surface area (Å²) in [5, 5.41) is 11.3. The van der Waals surface area contributed by atoms with Gasteiger partial charge in [-0.2, -0.15) is 0 Å². The molecule has 0 rings (SSSR count). The molecule has 0 aromatic heterocycles. The summed E-state index contributed by atoms with van der Waals surface area (Å²) in [5.74, 6) is 0.193. The lowest BCUT2D eigenvalue weighted by atomic mass is 10.1. The molecule has 1 unspecified atom stereocenters. The number of amidine groups is 1. The summed E-state index contributed by atoms with van der Waals surface area (Å²) in [5.41, 5.74) is 5.39. The number of carbonyl (C=O) groups excluding carboxylic acids is 1. The Morgan fingerprint density at radius 3 is 2.65 bits per heavy atom. The molecule has 0 aromatic rings. The monoisotopic (exact) mass is 245 g/mol. The molecule has 0 radical (unpaired) electrons. The Morgan fingerprint density at radius 2 is 2.18 bits per heavy atom. The lowest BCUT2D eigenvalue weighted by molar-refractivity contribution is -0.135. The van der Waals surface area contributed by atoms with Crippen molar-refractivity contribution in [2.45, 2.75) is 26.7 Å². The summed E-state index contributed by atoms with van der Waals surface area (Å²) in [4.78, 5) is 13.7. The second kappa shape index (κ2) is 8.81. The number of oxime groups is 1. The van der Waals surface area contributed by atoms with Crippen LogP contribution in [0.5, 0.6) is 0 Å². The van der Waals surface area contributed by atoms with Crippen molar-refractivity contribution in [3.63, 3.8) is 0 Å².